The van der Waals surface area contributed by atoms with Gasteiger partial charge < -0.3 is 10.2 Å². The largest absolute Gasteiger partial charge is 0.340 e. The van der Waals surface area contributed by atoms with E-state index in [-0.39, 0.29) is 0 Å². The molecule has 1 aromatic rings. The maximum Gasteiger partial charge on any atom is 0.223 e. The number of benzene rings is 1. The Morgan fingerprint density at radius 2 is 1.64 bits per heavy atom. The molecule has 1 saturated carbocycles. The predicted octanol–water partition coefficient (Wildman–Crippen LogP) is 3.03. The maximum atomic E-state index is 12.4. The van der Waals surface area contributed by atoms with E-state index in [1.807, 2.05) is 0 Å². The fourth-order valence-corrected chi connectivity index (χ4v) is 4.02. The van der Waals surface area contributed by atoms with Crippen LogP contribution in [0.1, 0.15) is 50.5 Å². The molecule has 1 saturated heterocycles. The van der Waals surface area contributed by atoms with Gasteiger partial charge in [0.05, 0.1) is 0 Å². The lowest BCUT2D eigenvalue weighted by molar-refractivity contribution is -0.132. The third kappa shape index (κ3) is 6.12. The van der Waals surface area contributed by atoms with Crippen LogP contribution in [0.2, 0.25) is 0 Å². The minimum atomic E-state index is 0.320. The lowest BCUT2D eigenvalue weighted by Crippen LogP contribution is -2.48. The SMILES string of the molecule is O=C(CCNC1CCCCCC1)N1CCN(Cc2ccccc2)CC1. The highest BCUT2D eigenvalue weighted by Gasteiger charge is 2.21. The second-order valence-electron chi connectivity index (χ2n) is 7.54. The Hall–Kier alpha value is -1.39. The molecule has 0 aromatic heterocycles. The molecule has 0 spiro atoms. The van der Waals surface area contributed by atoms with Gasteiger partial charge in [-0.25, -0.2) is 0 Å². The molecule has 0 unspecified atom stereocenters. The second kappa shape index (κ2) is 9.93. The zero-order valence-corrected chi connectivity index (χ0v) is 15.5. The molecule has 1 aromatic carbocycles. The van der Waals surface area contributed by atoms with Crippen LogP contribution in [0.4, 0.5) is 0 Å². The van der Waals surface area contributed by atoms with Gasteiger partial charge in [-0.15, -0.1) is 0 Å². The van der Waals surface area contributed by atoms with Crippen molar-refractivity contribution in [2.24, 2.45) is 0 Å². The van der Waals surface area contributed by atoms with Gasteiger partial charge in [0.25, 0.3) is 0 Å². The van der Waals surface area contributed by atoms with E-state index in [0.29, 0.717) is 18.4 Å². The molecule has 0 bridgehead atoms. The van der Waals surface area contributed by atoms with Crippen molar-refractivity contribution in [1.29, 1.82) is 0 Å². The van der Waals surface area contributed by atoms with Crippen molar-refractivity contribution < 1.29 is 4.79 Å². The summed E-state index contributed by atoms with van der Waals surface area (Å²) in [5.74, 6) is 0.320. The van der Waals surface area contributed by atoms with Crippen LogP contribution >= 0.6 is 0 Å². The standard InChI is InChI=1S/C21H33N3O/c25-21(12-13-22-20-10-6-1-2-7-11-20)24-16-14-23(15-17-24)18-19-8-4-3-5-9-19/h3-5,8-9,20,22H,1-2,6-7,10-18H2. The highest BCUT2D eigenvalue weighted by molar-refractivity contribution is 5.76. The molecule has 1 amide bonds. The Kier molecular flexibility index (Phi) is 7.31. The first-order valence-electron chi connectivity index (χ1n) is 10.1. The summed E-state index contributed by atoms with van der Waals surface area (Å²) in [7, 11) is 0. The van der Waals surface area contributed by atoms with Gasteiger partial charge in [0, 0.05) is 51.7 Å². The molecular formula is C21H33N3O. The normalized spacial score (nSPS) is 20.4. The first kappa shape index (κ1) is 18.4. The summed E-state index contributed by atoms with van der Waals surface area (Å²) in [5, 5.41) is 3.62. The van der Waals surface area contributed by atoms with E-state index in [1.54, 1.807) is 0 Å². The van der Waals surface area contributed by atoms with Gasteiger partial charge >= 0.3 is 0 Å². The molecule has 2 fully saturated rings. The van der Waals surface area contributed by atoms with E-state index in [0.717, 1.165) is 39.3 Å². The molecule has 4 nitrogen and oxygen atoms in total. The molecule has 1 aliphatic carbocycles. The Labute approximate surface area is 152 Å². The number of hydrogen-bond donors (Lipinski definition) is 1. The van der Waals surface area contributed by atoms with Crippen LogP contribution in [0.25, 0.3) is 0 Å². The van der Waals surface area contributed by atoms with E-state index < -0.39 is 0 Å². The fraction of sp³-hybridized carbons (Fsp3) is 0.667. The van der Waals surface area contributed by atoms with Crippen LogP contribution in [0.15, 0.2) is 30.3 Å². The average molecular weight is 344 g/mol. The average Bonchev–Trinajstić information content (AvgIpc) is 2.92. The van der Waals surface area contributed by atoms with Crippen LogP contribution < -0.4 is 5.32 Å². The first-order valence-corrected chi connectivity index (χ1v) is 10.1. The smallest absolute Gasteiger partial charge is 0.223 e. The van der Waals surface area contributed by atoms with Gasteiger partial charge in [-0.3, -0.25) is 9.69 Å². The number of hydrogen-bond acceptors (Lipinski definition) is 3. The lowest BCUT2D eigenvalue weighted by atomic mass is 10.1. The summed E-state index contributed by atoms with van der Waals surface area (Å²) in [6, 6.07) is 11.2. The summed E-state index contributed by atoms with van der Waals surface area (Å²) in [5.41, 5.74) is 1.36. The number of carbonyl (C=O) groups is 1. The highest BCUT2D eigenvalue weighted by atomic mass is 16.2. The van der Waals surface area contributed by atoms with Crippen molar-refractivity contribution in [1.82, 2.24) is 15.1 Å². The number of nitrogens with zero attached hydrogens (tertiary/aromatic N) is 2. The summed E-state index contributed by atoms with van der Waals surface area (Å²) >= 11 is 0. The van der Waals surface area contributed by atoms with Crippen LogP contribution in [-0.4, -0.2) is 54.5 Å². The van der Waals surface area contributed by atoms with Gasteiger partial charge in [-0.1, -0.05) is 56.0 Å². The van der Waals surface area contributed by atoms with Crippen molar-refractivity contribution in [3.05, 3.63) is 35.9 Å². The zero-order chi connectivity index (χ0) is 17.3. The van der Waals surface area contributed by atoms with Crippen LogP contribution in [-0.2, 0) is 11.3 Å². The van der Waals surface area contributed by atoms with Gasteiger partial charge in [0.2, 0.25) is 5.91 Å². The maximum absolute atomic E-state index is 12.4. The Bertz CT molecular complexity index is 503. The molecule has 1 heterocycles. The van der Waals surface area contributed by atoms with Crippen LogP contribution in [0, 0.1) is 0 Å². The molecule has 138 valence electrons. The third-order valence-corrected chi connectivity index (χ3v) is 5.60. The molecule has 0 radical (unpaired) electrons. The van der Waals surface area contributed by atoms with Crippen molar-refractivity contribution in [3.63, 3.8) is 0 Å². The molecule has 1 aliphatic heterocycles. The number of amides is 1. The van der Waals surface area contributed by atoms with Crippen molar-refractivity contribution in [3.8, 4) is 0 Å². The Morgan fingerprint density at radius 3 is 2.32 bits per heavy atom. The van der Waals surface area contributed by atoms with Crippen LogP contribution in [0.5, 0.6) is 0 Å². The fourth-order valence-electron chi connectivity index (χ4n) is 4.02. The summed E-state index contributed by atoms with van der Waals surface area (Å²) < 4.78 is 0. The van der Waals surface area contributed by atoms with Crippen molar-refractivity contribution in [2.45, 2.75) is 57.5 Å². The van der Waals surface area contributed by atoms with E-state index in [1.165, 1.54) is 44.1 Å². The molecule has 0 atom stereocenters. The topological polar surface area (TPSA) is 35.6 Å². The predicted molar refractivity (Wildman–Crippen MR) is 102 cm³/mol. The van der Waals surface area contributed by atoms with Gasteiger partial charge in [0.15, 0.2) is 0 Å². The quantitative estimate of drug-likeness (QED) is 0.807. The number of piperazine rings is 1. The zero-order valence-electron chi connectivity index (χ0n) is 15.5. The minimum Gasteiger partial charge on any atom is -0.340 e. The first-order chi connectivity index (χ1) is 12.3. The van der Waals surface area contributed by atoms with E-state index >= 15 is 0 Å². The van der Waals surface area contributed by atoms with Crippen molar-refractivity contribution in [2.75, 3.05) is 32.7 Å². The summed E-state index contributed by atoms with van der Waals surface area (Å²) in [4.78, 5) is 16.9. The van der Waals surface area contributed by atoms with Gasteiger partial charge in [-0.2, -0.15) is 0 Å². The molecule has 3 rings (SSSR count). The van der Waals surface area contributed by atoms with Crippen molar-refractivity contribution >= 4 is 5.91 Å². The van der Waals surface area contributed by atoms with E-state index in [2.05, 4.69) is 45.4 Å². The highest BCUT2D eigenvalue weighted by Crippen LogP contribution is 2.17. The third-order valence-electron chi connectivity index (χ3n) is 5.60. The monoisotopic (exact) mass is 343 g/mol. The molecular weight excluding hydrogens is 310 g/mol. The summed E-state index contributed by atoms with van der Waals surface area (Å²) in [6.45, 7) is 5.54. The molecule has 4 heteroatoms. The number of nitrogens with one attached hydrogen (secondary N) is 1. The number of carbonyl (C=O) groups excluding carboxylic acids is 1. The molecule has 25 heavy (non-hydrogen) atoms. The Morgan fingerprint density at radius 1 is 0.960 bits per heavy atom. The van der Waals surface area contributed by atoms with E-state index in [4.69, 9.17) is 0 Å². The summed E-state index contributed by atoms with van der Waals surface area (Å²) in [6.07, 6.45) is 8.66. The molecule has 1 N–H and O–H groups in total. The molecule has 2 aliphatic rings. The van der Waals surface area contributed by atoms with Crippen LogP contribution in [0.3, 0.4) is 0 Å². The van der Waals surface area contributed by atoms with Gasteiger partial charge in [0.1, 0.15) is 0 Å². The van der Waals surface area contributed by atoms with Gasteiger partial charge in [-0.05, 0) is 18.4 Å². The minimum absolute atomic E-state index is 0.320. The Balaban J connectivity index is 1.32. The lowest BCUT2D eigenvalue weighted by Gasteiger charge is -2.35. The second-order valence-corrected chi connectivity index (χ2v) is 7.54. The van der Waals surface area contributed by atoms with E-state index in [9.17, 15) is 4.79 Å². The number of rotatable bonds is 6.